The topological polar surface area (TPSA) is 129 Å². The molecule has 0 atom stereocenters. The number of benzene rings is 1. The number of aromatic nitrogens is 3. The normalized spacial score (nSPS) is 10.4. The number of nitrogens with zero attached hydrogens (tertiary/aromatic N) is 4. The van der Waals surface area contributed by atoms with Gasteiger partial charge in [0.2, 0.25) is 5.78 Å². The molecule has 0 saturated carbocycles. The SMILES string of the molecule is COC(=O)Nc1ccc(-n2cc(C(=O)c3ccc(Cl)cn3)cn2)c([N+](=O)[O-])c1. The maximum absolute atomic E-state index is 12.5. The van der Waals surface area contributed by atoms with E-state index in [1.165, 1.54) is 54.6 Å². The monoisotopic (exact) mass is 401 g/mol. The van der Waals surface area contributed by atoms with Crippen LogP contribution in [0.25, 0.3) is 5.69 Å². The van der Waals surface area contributed by atoms with Crippen LogP contribution in [0.4, 0.5) is 16.2 Å². The van der Waals surface area contributed by atoms with Crippen molar-refractivity contribution in [2.75, 3.05) is 12.4 Å². The Morgan fingerprint density at radius 2 is 2.04 bits per heavy atom. The molecule has 28 heavy (non-hydrogen) atoms. The highest BCUT2D eigenvalue weighted by molar-refractivity contribution is 6.30. The Balaban J connectivity index is 1.93. The molecule has 10 nitrogen and oxygen atoms in total. The molecule has 11 heteroatoms. The Morgan fingerprint density at radius 3 is 2.68 bits per heavy atom. The Morgan fingerprint density at radius 1 is 1.25 bits per heavy atom. The third-order valence-electron chi connectivity index (χ3n) is 3.66. The fraction of sp³-hybridized carbons (Fsp3) is 0.0588. The Hall–Kier alpha value is -3.79. The van der Waals surface area contributed by atoms with E-state index in [1.807, 2.05) is 0 Å². The molecule has 0 aliphatic heterocycles. The molecule has 0 aliphatic carbocycles. The van der Waals surface area contributed by atoms with Crippen LogP contribution in [0.2, 0.25) is 5.02 Å². The number of halogens is 1. The summed E-state index contributed by atoms with van der Waals surface area (Å²) in [5.41, 5.74) is 0.331. The summed E-state index contributed by atoms with van der Waals surface area (Å²) >= 11 is 5.76. The van der Waals surface area contributed by atoms with Crippen molar-refractivity contribution in [3.63, 3.8) is 0 Å². The molecule has 0 fully saturated rings. The molecule has 2 aromatic heterocycles. The lowest BCUT2D eigenvalue weighted by atomic mass is 10.1. The molecule has 0 spiro atoms. The van der Waals surface area contributed by atoms with Crippen LogP contribution >= 0.6 is 11.6 Å². The summed E-state index contributed by atoms with van der Waals surface area (Å²) in [6.45, 7) is 0. The molecule has 1 aromatic carbocycles. The first kappa shape index (κ1) is 19.0. The fourth-order valence-corrected chi connectivity index (χ4v) is 2.45. The molecule has 142 valence electrons. The van der Waals surface area contributed by atoms with Gasteiger partial charge in [0.05, 0.1) is 34.5 Å². The summed E-state index contributed by atoms with van der Waals surface area (Å²) in [6.07, 6.45) is 3.22. The van der Waals surface area contributed by atoms with E-state index in [2.05, 4.69) is 20.1 Å². The van der Waals surface area contributed by atoms with Gasteiger partial charge in [-0.25, -0.2) is 9.48 Å². The smallest absolute Gasteiger partial charge is 0.411 e. The number of ether oxygens (including phenoxy) is 1. The zero-order chi connectivity index (χ0) is 20.3. The van der Waals surface area contributed by atoms with Gasteiger partial charge in [0.25, 0.3) is 5.69 Å². The number of carbonyl (C=O) groups is 2. The van der Waals surface area contributed by atoms with Crippen molar-refractivity contribution in [3.05, 3.63) is 75.3 Å². The summed E-state index contributed by atoms with van der Waals surface area (Å²) in [6, 6.07) is 7.01. The zero-order valence-electron chi connectivity index (χ0n) is 14.3. The van der Waals surface area contributed by atoms with Crippen molar-refractivity contribution in [3.8, 4) is 5.69 Å². The average Bonchev–Trinajstić information content (AvgIpc) is 3.17. The minimum absolute atomic E-state index is 0.114. The summed E-state index contributed by atoms with van der Waals surface area (Å²) < 4.78 is 5.66. The highest BCUT2D eigenvalue weighted by Gasteiger charge is 2.20. The number of methoxy groups -OCH3 is 1. The first-order valence-corrected chi connectivity index (χ1v) is 8.11. The molecule has 0 aliphatic rings. The average molecular weight is 402 g/mol. The number of ketones is 1. The Labute approximate surface area is 162 Å². The number of amides is 1. The lowest BCUT2D eigenvalue weighted by molar-refractivity contribution is -0.384. The van der Waals surface area contributed by atoms with Gasteiger partial charge in [0, 0.05) is 18.5 Å². The van der Waals surface area contributed by atoms with Gasteiger partial charge >= 0.3 is 6.09 Å². The number of hydrogen-bond donors (Lipinski definition) is 1. The molecule has 1 amide bonds. The second-order valence-electron chi connectivity index (χ2n) is 5.44. The Kier molecular flexibility index (Phi) is 5.32. The molecule has 0 saturated heterocycles. The molecule has 3 rings (SSSR count). The number of nitro benzene ring substituents is 1. The van der Waals surface area contributed by atoms with E-state index in [0.29, 0.717) is 5.02 Å². The van der Waals surface area contributed by atoms with E-state index in [-0.39, 0.29) is 28.3 Å². The van der Waals surface area contributed by atoms with Gasteiger partial charge in [-0.3, -0.25) is 25.2 Å². The quantitative estimate of drug-likeness (QED) is 0.394. The van der Waals surface area contributed by atoms with E-state index in [9.17, 15) is 19.7 Å². The number of carbonyl (C=O) groups excluding carboxylic acids is 2. The van der Waals surface area contributed by atoms with Crippen LogP contribution in [0.3, 0.4) is 0 Å². The van der Waals surface area contributed by atoms with E-state index >= 15 is 0 Å². The molecule has 2 heterocycles. The molecule has 0 radical (unpaired) electrons. The Bertz CT molecular complexity index is 1060. The second kappa shape index (κ2) is 7.84. The molecular formula is C17H12ClN5O5. The highest BCUT2D eigenvalue weighted by atomic mass is 35.5. The van der Waals surface area contributed by atoms with Gasteiger partial charge in [-0.15, -0.1) is 0 Å². The van der Waals surface area contributed by atoms with Crippen molar-refractivity contribution >= 4 is 34.9 Å². The maximum Gasteiger partial charge on any atom is 0.411 e. The molecular weight excluding hydrogens is 390 g/mol. The second-order valence-corrected chi connectivity index (χ2v) is 5.88. The summed E-state index contributed by atoms with van der Waals surface area (Å²) in [7, 11) is 1.18. The van der Waals surface area contributed by atoms with Gasteiger partial charge in [0.1, 0.15) is 11.4 Å². The molecule has 0 bridgehead atoms. The number of pyridine rings is 1. The van der Waals surface area contributed by atoms with Crippen molar-refractivity contribution in [1.82, 2.24) is 14.8 Å². The van der Waals surface area contributed by atoms with E-state index in [0.717, 1.165) is 6.07 Å². The number of nitro groups is 1. The van der Waals surface area contributed by atoms with E-state index < -0.39 is 16.8 Å². The van der Waals surface area contributed by atoms with Crippen molar-refractivity contribution in [2.24, 2.45) is 0 Å². The number of rotatable bonds is 5. The van der Waals surface area contributed by atoms with Crippen LogP contribution in [-0.2, 0) is 4.74 Å². The van der Waals surface area contributed by atoms with Crippen LogP contribution in [0.5, 0.6) is 0 Å². The zero-order valence-corrected chi connectivity index (χ0v) is 15.1. The number of hydrogen-bond acceptors (Lipinski definition) is 7. The van der Waals surface area contributed by atoms with Crippen LogP contribution in [0.1, 0.15) is 16.1 Å². The number of anilines is 1. The predicted molar refractivity (Wildman–Crippen MR) is 98.9 cm³/mol. The largest absolute Gasteiger partial charge is 0.453 e. The standard InChI is InChI=1S/C17H12ClN5O5/c1-28-17(25)21-12-3-5-14(15(6-12)23(26)27)22-9-10(7-20-22)16(24)13-4-2-11(18)8-19-13/h2-9H,1H3,(H,21,25). The predicted octanol–water partition coefficient (Wildman–Crippen LogP) is 3.24. The third kappa shape index (κ3) is 3.96. The van der Waals surface area contributed by atoms with Crippen molar-refractivity contribution < 1.29 is 19.2 Å². The minimum Gasteiger partial charge on any atom is -0.453 e. The summed E-state index contributed by atoms with van der Waals surface area (Å²) in [5, 5.41) is 18.2. The maximum atomic E-state index is 12.5. The van der Waals surface area contributed by atoms with Gasteiger partial charge in [0.15, 0.2) is 0 Å². The molecule has 0 unspecified atom stereocenters. The van der Waals surface area contributed by atoms with Crippen molar-refractivity contribution in [2.45, 2.75) is 0 Å². The van der Waals surface area contributed by atoms with E-state index in [4.69, 9.17) is 11.6 Å². The first-order valence-electron chi connectivity index (χ1n) is 7.73. The summed E-state index contributed by atoms with van der Waals surface area (Å²) in [4.78, 5) is 38.5. The number of nitrogens with one attached hydrogen (secondary N) is 1. The van der Waals surface area contributed by atoms with Crippen molar-refractivity contribution in [1.29, 1.82) is 0 Å². The lowest BCUT2D eigenvalue weighted by Crippen LogP contribution is -2.11. The van der Waals surface area contributed by atoms with Gasteiger partial charge in [-0.1, -0.05) is 11.6 Å². The molecule has 3 aromatic rings. The molecule has 1 N–H and O–H groups in total. The van der Waals surface area contributed by atoms with Crippen LogP contribution in [0.15, 0.2) is 48.9 Å². The minimum atomic E-state index is -0.760. The fourth-order valence-electron chi connectivity index (χ4n) is 2.34. The van der Waals surface area contributed by atoms with Gasteiger partial charge in [-0.05, 0) is 24.3 Å². The van der Waals surface area contributed by atoms with Crippen LogP contribution in [-0.4, -0.2) is 38.7 Å². The summed E-state index contributed by atoms with van der Waals surface area (Å²) in [5.74, 6) is -0.408. The van der Waals surface area contributed by atoms with E-state index in [1.54, 1.807) is 0 Å². The first-order chi connectivity index (χ1) is 13.4. The third-order valence-corrected chi connectivity index (χ3v) is 3.88. The van der Waals surface area contributed by atoms with Gasteiger partial charge < -0.3 is 4.74 Å². The van der Waals surface area contributed by atoms with Gasteiger partial charge in [-0.2, -0.15) is 5.10 Å². The lowest BCUT2D eigenvalue weighted by Gasteiger charge is -2.07. The highest BCUT2D eigenvalue weighted by Crippen LogP contribution is 2.27. The van der Waals surface area contributed by atoms with Crippen LogP contribution in [0, 0.1) is 10.1 Å². The van der Waals surface area contributed by atoms with Crippen LogP contribution < -0.4 is 5.32 Å².